The maximum absolute atomic E-state index is 12.3. The molecule has 1 amide bonds. The van der Waals surface area contributed by atoms with Gasteiger partial charge in [-0.05, 0) is 36.4 Å². The molecule has 3 rings (SSSR count). The van der Waals surface area contributed by atoms with Crippen LogP contribution in [0.5, 0.6) is 5.75 Å². The van der Waals surface area contributed by atoms with E-state index in [4.69, 9.17) is 14.3 Å². The van der Waals surface area contributed by atoms with Gasteiger partial charge in [0.2, 0.25) is 0 Å². The van der Waals surface area contributed by atoms with Gasteiger partial charge in [0, 0.05) is 17.1 Å². The Labute approximate surface area is 154 Å². The van der Waals surface area contributed by atoms with Gasteiger partial charge in [0.1, 0.15) is 17.4 Å². The van der Waals surface area contributed by atoms with Crippen LogP contribution in [0.25, 0.3) is 17.0 Å². The van der Waals surface area contributed by atoms with Crippen LogP contribution in [0.2, 0.25) is 0 Å². The first kappa shape index (κ1) is 17.8. The molecular formula is C20H14N2O5. The number of carbonyl (C=O) groups is 2. The highest BCUT2D eigenvalue weighted by atomic mass is 16.5. The Morgan fingerprint density at radius 3 is 2.59 bits per heavy atom. The molecule has 0 saturated heterocycles. The van der Waals surface area contributed by atoms with Crippen molar-refractivity contribution in [2.75, 3.05) is 12.4 Å². The van der Waals surface area contributed by atoms with Gasteiger partial charge in [0.05, 0.1) is 12.7 Å². The molecule has 0 aliphatic heterocycles. The molecule has 134 valence electrons. The fourth-order valence-electron chi connectivity index (χ4n) is 2.47. The zero-order valence-corrected chi connectivity index (χ0v) is 14.2. The molecule has 1 heterocycles. The van der Waals surface area contributed by atoms with E-state index in [-0.39, 0.29) is 11.1 Å². The lowest BCUT2D eigenvalue weighted by Crippen LogP contribution is -2.13. The summed E-state index contributed by atoms with van der Waals surface area (Å²) in [6.45, 7) is 0. The summed E-state index contributed by atoms with van der Waals surface area (Å²) < 4.78 is 10.9. The number of amides is 1. The summed E-state index contributed by atoms with van der Waals surface area (Å²) in [4.78, 5) is 23.2. The molecule has 0 bridgehead atoms. The monoisotopic (exact) mass is 362 g/mol. The lowest BCUT2D eigenvalue weighted by Gasteiger charge is -2.04. The van der Waals surface area contributed by atoms with Crippen LogP contribution in [0.1, 0.15) is 16.1 Å². The van der Waals surface area contributed by atoms with Gasteiger partial charge in [-0.2, -0.15) is 5.26 Å². The summed E-state index contributed by atoms with van der Waals surface area (Å²) in [6.07, 6.45) is 1.33. The van der Waals surface area contributed by atoms with E-state index in [2.05, 4.69) is 5.32 Å². The molecule has 0 radical (unpaired) electrons. The van der Waals surface area contributed by atoms with Crippen LogP contribution in [-0.2, 0) is 4.79 Å². The van der Waals surface area contributed by atoms with Crippen LogP contribution in [0.15, 0.2) is 58.5 Å². The quantitative estimate of drug-likeness (QED) is 0.529. The first-order chi connectivity index (χ1) is 13.0. The second-order valence-electron chi connectivity index (χ2n) is 5.53. The standard InChI is InChI=1S/C20H14N2O5/c1-26-17-4-2-3-13-9-16(27-18(13)17)10-14(11-21)19(23)22-15-7-5-12(6-8-15)20(24)25/h2-10H,1H3,(H,22,23)(H,24,25)/b14-10+. The minimum Gasteiger partial charge on any atom is -0.493 e. The lowest BCUT2D eigenvalue weighted by atomic mass is 10.2. The minimum atomic E-state index is -1.06. The highest BCUT2D eigenvalue weighted by Crippen LogP contribution is 2.29. The maximum Gasteiger partial charge on any atom is 0.335 e. The van der Waals surface area contributed by atoms with Crippen LogP contribution in [0.3, 0.4) is 0 Å². The average molecular weight is 362 g/mol. The number of anilines is 1. The van der Waals surface area contributed by atoms with Gasteiger partial charge in [-0.15, -0.1) is 0 Å². The molecule has 3 aromatic rings. The van der Waals surface area contributed by atoms with Crippen LogP contribution in [0.4, 0.5) is 5.69 Å². The number of rotatable bonds is 5. The maximum atomic E-state index is 12.3. The third-order valence-electron chi connectivity index (χ3n) is 3.79. The fraction of sp³-hybridized carbons (Fsp3) is 0.0500. The lowest BCUT2D eigenvalue weighted by molar-refractivity contribution is -0.112. The minimum absolute atomic E-state index is 0.0975. The van der Waals surface area contributed by atoms with Crippen molar-refractivity contribution in [1.29, 1.82) is 5.26 Å². The van der Waals surface area contributed by atoms with Crippen LogP contribution < -0.4 is 10.1 Å². The van der Waals surface area contributed by atoms with Crippen molar-refractivity contribution in [3.05, 3.63) is 65.4 Å². The number of carboxylic acids is 1. The molecule has 0 aliphatic rings. The van der Waals surface area contributed by atoms with E-state index >= 15 is 0 Å². The molecule has 0 atom stereocenters. The van der Waals surface area contributed by atoms with Crippen molar-refractivity contribution >= 4 is 34.6 Å². The third-order valence-corrected chi connectivity index (χ3v) is 3.79. The van der Waals surface area contributed by atoms with Crippen LogP contribution >= 0.6 is 0 Å². The molecule has 0 spiro atoms. The van der Waals surface area contributed by atoms with E-state index in [1.807, 2.05) is 18.2 Å². The van der Waals surface area contributed by atoms with Gasteiger partial charge >= 0.3 is 5.97 Å². The van der Waals surface area contributed by atoms with E-state index in [0.29, 0.717) is 22.8 Å². The van der Waals surface area contributed by atoms with E-state index in [9.17, 15) is 14.9 Å². The Balaban J connectivity index is 1.84. The molecular weight excluding hydrogens is 348 g/mol. The van der Waals surface area contributed by atoms with Crippen molar-refractivity contribution in [2.45, 2.75) is 0 Å². The average Bonchev–Trinajstić information content (AvgIpc) is 3.09. The first-order valence-electron chi connectivity index (χ1n) is 7.85. The van der Waals surface area contributed by atoms with Gasteiger partial charge in [-0.1, -0.05) is 12.1 Å². The Bertz CT molecular complexity index is 1090. The number of nitrogens with zero attached hydrogens (tertiary/aromatic N) is 1. The summed E-state index contributed by atoms with van der Waals surface area (Å²) in [6, 6.07) is 14.5. The molecule has 2 N–H and O–H groups in total. The Morgan fingerprint density at radius 1 is 1.22 bits per heavy atom. The highest BCUT2D eigenvalue weighted by molar-refractivity contribution is 6.09. The summed E-state index contributed by atoms with van der Waals surface area (Å²) in [5.74, 6) is -0.810. The summed E-state index contributed by atoms with van der Waals surface area (Å²) >= 11 is 0. The molecule has 27 heavy (non-hydrogen) atoms. The smallest absolute Gasteiger partial charge is 0.335 e. The van der Waals surface area contributed by atoms with Gasteiger partial charge in [-0.3, -0.25) is 4.79 Å². The molecule has 0 fully saturated rings. The number of carbonyl (C=O) groups excluding carboxylic acids is 1. The van der Waals surface area contributed by atoms with Gasteiger partial charge < -0.3 is 19.6 Å². The Morgan fingerprint density at radius 2 is 1.96 bits per heavy atom. The van der Waals surface area contributed by atoms with Crippen molar-refractivity contribution in [2.24, 2.45) is 0 Å². The number of furan rings is 1. The molecule has 0 saturated carbocycles. The van der Waals surface area contributed by atoms with Gasteiger partial charge in [0.25, 0.3) is 5.91 Å². The van der Waals surface area contributed by atoms with Crippen molar-refractivity contribution in [3.8, 4) is 11.8 Å². The largest absolute Gasteiger partial charge is 0.493 e. The number of nitrogens with one attached hydrogen (secondary N) is 1. The predicted octanol–water partition coefficient (Wildman–Crippen LogP) is 3.69. The number of methoxy groups -OCH3 is 1. The van der Waals surface area contributed by atoms with Crippen molar-refractivity contribution in [3.63, 3.8) is 0 Å². The molecule has 0 aliphatic carbocycles. The first-order valence-corrected chi connectivity index (χ1v) is 7.85. The van der Waals surface area contributed by atoms with Crippen molar-refractivity contribution < 1.29 is 23.8 Å². The number of ether oxygens (including phenoxy) is 1. The Hall–Kier alpha value is -4.05. The van der Waals surface area contributed by atoms with E-state index < -0.39 is 11.9 Å². The second kappa shape index (κ2) is 7.45. The molecule has 1 aromatic heterocycles. The normalized spacial score (nSPS) is 11.0. The molecule has 7 heteroatoms. The molecule has 0 unspecified atom stereocenters. The third kappa shape index (κ3) is 3.80. The predicted molar refractivity (Wildman–Crippen MR) is 98.4 cm³/mol. The van der Waals surface area contributed by atoms with Crippen molar-refractivity contribution in [1.82, 2.24) is 0 Å². The van der Waals surface area contributed by atoms with Gasteiger partial charge in [-0.25, -0.2) is 4.79 Å². The number of fused-ring (bicyclic) bond motifs is 1. The zero-order valence-electron chi connectivity index (χ0n) is 14.2. The topological polar surface area (TPSA) is 113 Å². The van der Waals surface area contributed by atoms with E-state index in [1.54, 1.807) is 12.1 Å². The molecule has 2 aromatic carbocycles. The number of hydrogen-bond acceptors (Lipinski definition) is 5. The number of carboxylic acid groups (broad SMARTS) is 1. The van der Waals surface area contributed by atoms with E-state index in [1.165, 1.54) is 37.5 Å². The number of para-hydroxylation sites is 1. The van der Waals surface area contributed by atoms with Gasteiger partial charge in [0.15, 0.2) is 11.3 Å². The SMILES string of the molecule is COc1cccc2cc(/C=C(\C#N)C(=O)Nc3ccc(C(=O)O)cc3)oc12. The van der Waals surface area contributed by atoms with Crippen LogP contribution in [0, 0.1) is 11.3 Å². The number of benzene rings is 2. The second-order valence-corrected chi connectivity index (χ2v) is 5.53. The summed E-state index contributed by atoms with van der Waals surface area (Å²) in [5.41, 5.74) is 0.834. The van der Waals surface area contributed by atoms with E-state index in [0.717, 1.165) is 5.39 Å². The summed E-state index contributed by atoms with van der Waals surface area (Å²) in [7, 11) is 1.52. The number of aromatic carboxylic acids is 1. The Kier molecular flexibility index (Phi) is 4.90. The zero-order chi connectivity index (χ0) is 19.4. The number of nitriles is 1. The molecule has 7 nitrogen and oxygen atoms in total. The highest BCUT2D eigenvalue weighted by Gasteiger charge is 2.13. The summed E-state index contributed by atoms with van der Waals surface area (Å²) in [5, 5.41) is 21.5. The number of hydrogen-bond donors (Lipinski definition) is 2. The van der Waals surface area contributed by atoms with Crippen LogP contribution in [-0.4, -0.2) is 24.1 Å². The fourth-order valence-corrected chi connectivity index (χ4v) is 2.47.